The van der Waals surface area contributed by atoms with E-state index in [-0.39, 0.29) is 30.8 Å². The second-order valence-electron chi connectivity index (χ2n) is 11.0. The smallest absolute Gasteiger partial charge is 0.434 e. The van der Waals surface area contributed by atoms with E-state index in [9.17, 15) is 35.9 Å². The minimum Gasteiger partial charge on any atom is -0.490 e. The normalized spacial score (nSPS) is 23.9. The van der Waals surface area contributed by atoms with Crippen LogP contribution in [0.1, 0.15) is 62.5 Å². The number of piperidine rings is 1. The summed E-state index contributed by atoms with van der Waals surface area (Å²) in [5.74, 6) is 0.754. The molecule has 1 aliphatic carbocycles. The molecule has 0 atom stereocenters. The molecule has 3 aliphatic rings. The van der Waals surface area contributed by atoms with E-state index >= 15 is 0 Å². The Hall–Kier alpha value is -2.70. The average Bonchev–Trinajstić information content (AvgIpc) is 3.23. The van der Waals surface area contributed by atoms with Gasteiger partial charge in [0.05, 0.1) is 6.10 Å². The molecular weight excluding hydrogens is 546 g/mol. The highest BCUT2D eigenvalue weighted by Crippen LogP contribution is 2.41. The Morgan fingerprint density at radius 1 is 0.975 bits per heavy atom. The number of carbonyl (C=O) groups excluding carboxylic acids is 2. The summed E-state index contributed by atoms with van der Waals surface area (Å²) in [6.07, 6.45) is -11.7. The maximum absolute atomic E-state index is 12.8. The van der Waals surface area contributed by atoms with Crippen molar-refractivity contribution in [1.82, 2.24) is 9.80 Å². The number of amides is 1. The molecule has 0 unspecified atom stereocenters. The summed E-state index contributed by atoms with van der Waals surface area (Å²) in [5, 5.41) is 0. The Morgan fingerprint density at radius 3 is 2.20 bits per heavy atom. The lowest BCUT2D eigenvalue weighted by atomic mass is 9.85. The highest BCUT2D eigenvalue weighted by atomic mass is 19.4. The van der Waals surface area contributed by atoms with Crippen LogP contribution in [0.4, 0.5) is 31.1 Å². The average molecular weight is 581 g/mol. The molecule has 1 amide bonds. The molecule has 1 saturated carbocycles. The maximum Gasteiger partial charge on any atom is 0.434 e. The zero-order chi connectivity index (χ0) is 29.1. The SMILES string of the molecule is Cc1cc(CN2CCCC23CCN(C(=O)OC(C(F)(F)F)C(F)(F)F)CC3)cc(OC2CCC(OC=O)CC2)c1. The van der Waals surface area contributed by atoms with Gasteiger partial charge in [-0.2, -0.15) is 26.3 Å². The Bertz CT molecular complexity index is 1020. The molecule has 1 spiro atoms. The molecule has 40 heavy (non-hydrogen) atoms. The first-order valence-corrected chi connectivity index (χ1v) is 13.5. The fraction of sp³-hybridized carbons (Fsp3) is 0.704. The predicted octanol–water partition coefficient (Wildman–Crippen LogP) is 5.92. The van der Waals surface area contributed by atoms with Crippen LogP contribution < -0.4 is 4.74 Å². The van der Waals surface area contributed by atoms with Gasteiger partial charge < -0.3 is 19.1 Å². The van der Waals surface area contributed by atoms with Crippen LogP contribution in [0.2, 0.25) is 0 Å². The minimum absolute atomic E-state index is 0.0104. The molecule has 0 bridgehead atoms. The molecule has 2 aliphatic heterocycles. The third kappa shape index (κ3) is 7.32. The monoisotopic (exact) mass is 580 g/mol. The predicted molar refractivity (Wildman–Crippen MR) is 131 cm³/mol. The second-order valence-corrected chi connectivity index (χ2v) is 11.0. The van der Waals surface area contributed by atoms with Crippen LogP contribution in [0, 0.1) is 6.92 Å². The first-order valence-electron chi connectivity index (χ1n) is 13.5. The van der Waals surface area contributed by atoms with Crippen molar-refractivity contribution in [2.24, 2.45) is 0 Å². The van der Waals surface area contributed by atoms with Crippen LogP contribution in [0.25, 0.3) is 0 Å². The van der Waals surface area contributed by atoms with Gasteiger partial charge in [-0.25, -0.2) is 4.79 Å². The number of ether oxygens (including phenoxy) is 3. The first kappa shape index (κ1) is 30.3. The van der Waals surface area contributed by atoms with E-state index in [0.29, 0.717) is 25.9 Å². The topological polar surface area (TPSA) is 68.3 Å². The lowest BCUT2D eigenvalue weighted by Gasteiger charge is -2.45. The lowest BCUT2D eigenvalue weighted by Crippen LogP contribution is -2.54. The van der Waals surface area contributed by atoms with Gasteiger partial charge in [0, 0.05) is 25.2 Å². The molecule has 224 valence electrons. The van der Waals surface area contributed by atoms with Crippen LogP contribution in [0.3, 0.4) is 0 Å². The zero-order valence-electron chi connectivity index (χ0n) is 22.2. The summed E-state index contributed by atoms with van der Waals surface area (Å²) in [5.41, 5.74) is 1.76. The minimum atomic E-state index is -5.74. The summed E-state index contributed by atoms with van der Waals surface area (Å²) < 4.78 is 92.1. The van der Waals surface area contributed by atoms with Crippen LogP contribution in [0.5, 0.6) is 5.75 Å². The standard InChI is InChI=1S/C27H34F6N2O5/c1-18-13-19(15-22(14-18)39-21-5-3-20(4-6-21)38-17-36)16-35-10-2-7-25(35)8-11-34(12-9-25)24(37)40-23(26(28,29)30)27(31,32)33/h13-15,17,20-21,23H,2-12,16H2,1H3. The van der Waals surface area contributed by atoms with Gasteiger partial charge in [0.15, 0.2) is 0 Å². The molecule has 7 nitrogen and oxygen atoms in total. The summed E-state index contributed by atoms with van der Waals surface area (Å²) in [6.45, 7) is 3.87. The number of halogens is 6. The maximum atomic E-state index is 12.8. The van der Waals surface area contributed by atoms with Crippen LogP contribution >= 0.6 is 0 Å². The molecule has 0 radical (unpaired) electrons. The molecular formula is C27H34F6N2O5. The van der Waals surface area contributed by atoms with Crippen LogP contribution in [0.15, 0.2) is 18.2 Å². The third-order valence-electron chi connectivity index (χ3n) is 8.16. The fourth-order valence-corrected chi connectivity index (χ4v) is 6.17. The Balaban J connectivity index is 1.35. The number of nitrogens with zero attached hydrogens (tertiary/aromatic N) is 2. The van der Waals surface area contributed by atoms with E-state index in [4.69, 9.17) is 9.47 Å². The molecule has 13 heteroatoms. The number of likely N-dealkylation sites (tertiary alicyclic amines) is 2. The van der Waals surface area contributed by atoms with Crippen molar-refractivity contribution in [3.63, 3.8) is 0 Å². The van der Waals surface area contributed by atoms with E-state index < -0.39 is 24.5 Å². The van der Waals surface area contributed by atoms with Gasteiger partial charge in [0.25, 0.3) is 12.6 Å². The Labute approximate surface area is 228 Å². The summed E-state index contributed by atoms with van der Waals surface area (Å²) >= 11 is 0. The molecule has 1 aromatic rings. The van der Waals surface area contributed by atoms with Crippen LogP contribution in [-0.2, 0) is 20.8 Å². The quantitative estimate of drug-likeness (QED) is 0.295. The third-order valence-corrected chi connectivity index (χ3v) is 8.16. The van der Waals surface area contributed by atoms with Crippen molar-refractivity contribution in [1.29, 1.82) is 0 Å². The van der Waals surface area contributed by atoms with Gasteiger partial charge in [-0.1, -0.05) is 6.07 Å². The number of rotatable bonds is 7. The van der Waals surface area contributed by atoms with Gasteiger partial charge in [0.1, 0.15) is 11.9 Å². The van der Waals surface area contributed by atoms with E-state index in [2.05, 4.69) is 15.7 Å². The zero-order valence-corrected chi connectivity index (χ0v) is 22.2. The van der Waals surface area contributed by atoms with Gasteiger partial charge in [-0.15, -0.1) is 0 Å². The lowest BCUT2D eigenvalue weighted by molar-refractivity contribution is -0.308. The van der Waals surface area contributed by atoms with Crippen molar-refractivity contribution in [2.75, 3.05) is 19.6 Å². The number of benzene rings is 1. The van der Waals surface area contributed by atoms with E-state index in [1.165, 1.54) is 0 Å². The summed E-state index contributed by atoms with van der Waals surface area (Å²) in [7, 11) is 0. The Morgan fingerprint density at radius 2 is 1.60 bits per heavy atom. The van der Waals surface area contributed by atoms with Gasteiger partial charge >= 0.3 is 18.4 Å². The molecule has 2 heterocycles. The van der Waals surface area contributed by atoms with Crippen LogP contribution in [-0.4, -0.2) is 78.2 Å². The molecule has 4 rings (SSSR count). The number of alkyl halides is 6. The molecule has 3 fully saturated rings. The second kappa shape index (κ2) is 12.0. The highest BCUT2D eigenvalue weighted by Gasteiger charge is 2.60. The molecule has 0 N–H and O–H groups in total. The first-order chi connectivity index (χ1) is 18.8. The van der Waals surface area contributed by atoms with Crippen molar-refractivity contribution in [2.45, 2.75) is 101 Å². The number of aryl methyl sites for hydroxylation is 1. The highest BCUT2D eigenvalue weighted by molar-refractivity contribution is 5.68. The fourth-order valence-electron chi connectivity index (χ4n) is 6.17. The number of hydrogen-bond donors (Lipinski definition) is 0. The van der Waals surface area contributed by atoms with Crippen molar-refractivity contribution < 1.29 is 50.1 Å². The van der Waals surface area contributed by atoms with E-state index in [1.54, 1.807) is 0 Å². The van der Waals surface area contributed by atoms with E-state index in [1.807, 2.05) is 19.1 Å². The van der Waals surface area contributed by atoms with Crippen molar-refractivity contribution in [3.05, 3.63) is 29.3 Å². The van der Waals surface area contributed by atoms with E-state index in [0.717, 1.165) is 66.8 Å². The van der Waals surface area contributed by atoms with Crippen molar-refractivity contribution in [3.8, 4) is 5.75 Å². The number of carbonyl (C=O) groups is 2. The molecule has 2 saturated heterocycles. The van der Waals surface area contributed by atoms with Gasteiger partial charge in [-0.05, 0) is 88.1 Å². The Kier molecular flexibility index (Phi) is 9.11. The van der Waals surface area contributed by atoms with Gasteiger partial charge in [-0.3, -0.25) is 9.69 Å². The summed E-state index contributed by atoms with van der Waals surface area (Å²) in [6, 6.07) is 6.03. The molecule has 1 aromatic carbocycles. The molecule has 0 aromatic heterocycles. The summed E-state index contributed by atoms with van der Waals surface area (Å²) in [4.78, 5) is 26.0. The largest absolute Gasteiger partial charge is 0.490 e. The van der Waals surface area contributed by atoms with Gasteiger partial charge in [0.2, 0.25) is 0 Å². The van der Waals surface area contributed by atoms with Crippen molar-refractivity contribution >= 4 is 12.6 Å². The number of hydrogen-bond acceptors (Lipinski definition) is 6.